The van der Waals surface area contributed by atoms with E-state index in [1.807, 2.05) is 10.8 Å². The first kappa shape index (κ1) is 20.7. The topological polar surface area (TPSA) is 52.0 Å². The first-order valence-electron chi connectivity index (χ1n) is 9.99. The Balaban J connectivity index is 1.68. The number of anilines is 1. The van der Waals surface area contributed by atoms with Crippen molar-refractivity contribution in [2.45, 2.75) is 45.3 Å². The van der Waals surface area contributed by atoms with Crippen molar-refractivity contribution >= 4 is 48.0 Å². The van der Waals surface area contributed by atoms with Crippen molar-refractivity contribution in [2.75, 3.05) is 18.5 Å². The molecule has 0 spiro atoms. The molecule has 1 N–H and O–H groups in total. The fourth-order valence-electron chi connectivity index (χ4n) is 3.57. The molecule has 3 aromatic rings. The van der Waals surface area contributed by atoms with Gasteiger partial charge in [0, 0.05) is 38.7 Å². The van der Waals surface area contributed by atoms with Crippen LogP contribution < -0.4 is 5.32 Å². The van der Waals surface area contributed by atoms with Crippen LogP contribution in [0.3, 0.4) is 0 Å². The van der Waals surface area contributed by atoms with Gasteiger partial charge in [0.2, 0.25) is 5.28 Å². The Morgan fingerprint density at radius 3 is 2.83 bits per heavy atom. The van der Waals surface area contributed by atoms with Crippen LogP contribution in [-0.2, 0) is 17.9 Å². The molecule has 0 saturated carbocycles. The summed E-state index contributed by atoms with van der Waals surface area (Å²) in [5.74, 6) is 0. The number of aryl methyl sites for hydroxylation is 1. The number of aromatic nitrogens is 3. The van der Waals surface area contributed by atoms with E-state index >= 15 is 0 Å². The summed E-state index contributed by atoms with van der Waals surface area (Å²) in [7, 11) is -1.13. The molecule has 1 aliphatic rings. The predicted octanol–water partition coefficient (Wildman–Crippen LogP) is 6.08. The molecule has 154 valence electrons. The monoisotopic (exact) mass is 448 g/mol. The van der Waals surface area contributed by atoms with Gasteiger partial charge in [0.25, 0.3) is 0 Å². The minimum Gasteiger partial charge on any atom is -0.385 e. The summed E-state index contributed by atoms with van der Waals surface area (Å²) in [6, 6.07) is 7.49. The molecule has 2 aromatic heterocycles. The summed E-state index contributed by atoms with van der Waals surface area (Å²) in [5.41, 5.74) is 4.91. The van der Waals surface area contributed by atoms with Crippen molar-refractivity contribution in [1.82, 2.24) is 14.5 Å². The molecule has 0 amide bonds. The van der Waals surface area contributed by atoms with E-state index in [2.05, 4.69) is 53.1 Å². The highest BCUT2D eigenvalue weighted by molar-refractivity contribution is 6.76. The maximum Gasteiger partial charge on any atom is 0.224 e. The van der Waals surface area contributed by atoms with Gasteiger partial charge in [0.1, 0.15) is 12.4 Å². The SMILES string of the molecule is C[Si](C)(C)CCOCn1cc(Cl)c2c(-c3ccc4c(c3)NCCC4)nc(Cl)nc21. The summed E-state index contributed by atoms with van der Waals surface area (Å²) < 4.78 is 7.81. The Morgan fingerprint density at radius 2 is 2.03 bits per heavy atom. The first-order valence-corrected chi connectivity index (χ1v) is 14.4. The van der Waals surface area contributed by atoms with Crippen LogP contribution in [0.2, 0.25) is 36.0 Å². The lowest BCUT2D eigenvalue weighted by atomic mass is 9.99. The van der Waals surface area contributed by atoms with Gasteiger partial charge in [0.05, 0.1) is 16.1 Å². The Kier molecular flexibility index (Phi) is 5.89. The summed E-state index contributed by atoms with van der Waals surface area (Å²) in [4.78, 5) is 8.96. The lowest BCUT2D eigenvalue weighted by Crippen LogP contribution is -2.22. The predicted molar refractivity (Wildman–Crippen MR) is 124 cm³/mol. The van der Waals surface area contributed by atoms with E-state index in [0.29, 0.717) is 17.4 Å². The zero-order chi connectivity index (χ0) is 20.6. The molecule has 3 heterocycles. The summed E-state index contributed by atoms with van der Waals surface area (Å²) >= 11 is 12.9. The van der Waals surface area contributed by atoms with Crippen molar-refractivity contribution in [3.05, 3.63) is 40.3 Å². The quantitative estimate of drug-likeness (QED) is 0.282. The van der Waals surface area contributed by atoms with Crippen molar-refractivity contribution in [3.8, 4) is 11.3 Å². The number of fused-ring (bicyclic) bond motifs is 2. The molecule has 29 heavy (non-hydrogen) atoms. The molecule has 0 atom stereocenters. The van der Waals surface area contributed by atoms with Gasteiger partial charge in [-0.05, 0) is 42.1 Å². The molecule has 0 fully saturated rings. The molecular weight excluding hydrogens is 423 g/mol. The van der Waals surface area contributed by atoms with Crippen LogP contribution >= 0.6 is 23.2 Å². The minimum absolute atomic E-state index is 0.205. The van der Waals surface area contributed by atoms with Crippen molar-refractivity contribution in [3.63, 3.8) is 0 Å². The standard InChI is InChI=1S/C21H26Cl2N4OSi/c1-29(2,3)10-9-28-13-27-12-16(22)18-19(25-21(23)26-20(18)27)15-7-6-14-5-4-8-24-17(14)11-15/h6-7,11-12,24H,4-5,8-10,13H2,1-3H3. The molecule has 0 unspecified atom stereocenters. The van der Waals surface area contributed by atoms with Gasteiger partial charge < -0.3 is 14.6 Å². The number of ether oxygens (including phenoxy) is 1. The van der Waals surface area contributed by atoms with Crippen molar-refractivity contribution in [2.24, 2.45) is 0 Å². The number of nitrogens with one attached hydrogen (secondary N) is 1. The molecule has 5 nitrogen and oxygen atoms in total. The highest BCUT2D eigenvalue weighted by Gasteiger charge is 2.19. The Hall–Kier alpha value is -1.60. The van der Waals surface area contributed by atoms with Crippen LogP contribution in [-0.4, -0.2) is 35.8 Å². The molecule has 0 saturated heterocycles. The third-order valence-corrected chi connectivity index (χ3v) is 7.35. The van der Waals surface area contributed by atoms with Crippen LogP contribution in [0, 0.1) is 0 Å². The Morgan fingerprint density at radius 1 is 1.21 bits per heavy atom. The number of halogens is 2. The molecule has 8 heteroatoms. The highest BCUT2D eigenvalue weighted by Crippen LogP contribution is 2.36. The lowest BCUT2D eigenvalue weighted by Gasteiger charge is -2.19. The van der Waals surface area contributed by atoms with E-state index in [4.69, 9.17) is 27.9 Å². The number of hydrogen-bond donors (Lipinski definition) is 1. The average molecular weight is 449 g/mol. The van der Waals surface area contributed by atoms with Crippen molar-refractivity contribution in [1.29, 1.82) is 0 Å². The number of benzene rings is 1. The van der Waals surface area contributed by atoms with Gasteiger partial charge in [-0.3, -0.25) is 0 Å². The van der Waals surface area contributed by atoms with Gasteiger partial charge >= 0.3 is 0 Å². The van der Waals surface area contributed by atoms with Crippen LogP contribution in [0.25, 0.3) is 22.3 Å². The maximum atomic E-state index is 6.61. The van der Waals surface area contributed by atoms with Crippen LogP contribution in [0.5, 0.6) is 0 Å². The fourth-order valence-corrected chi connectivity index (χ4v) is 4.78. The summed E-state index contributed by atoms with van der Waals surface area (Å²) in [6.45, 7) is 9.13. The lowest BCUT2D eigenvalue weighted by molar-refractivity contribution is 0.0899. The van der Waals surface area contributed by atoms with E-state index in [1.165, 1.54) is 5.56 Å². The Bertz CT molecular complexity index is 1050. The molecule has 0 radical (unpaired) electrons. The van der Waals surface area contributed by atoms with Gasteiger partial charge in [-0.15, -0.1) is 0 Å². The van der Waals surface area contributed by atoms with Gasteiger partial charge in [-0.1, -0.05) is 43.4 Å². The van der Waals surface area contributed by atoms with Gasteiger partial charge in [-0.25, -0.2) is 4.98 Å². The second kappa shape index (κ2) is 8.26. The van der Waals surface area contributed by atoms with Gasteiger partial charge in [-0.2, -0.15) is 4.98 Å². The average Bonchev–Trinajstić information content (AvgIpc) is 2.99. The maximum absolute atomic E-state index is 6.61. The van der Waals surface area contributed by atoms with Gasteiger partial charge in [0.15, 0.2) is 0 Å². The molecule has 0 bridgehead atoms. The second-order valence-corrected chi connectivity index (χ2v) is 15.1. The van der Waals surface area contributed by atoms with Crippen LogP contribution in [0.15, 0.2) is 24.4 Å². The normalized spacial score (nSPS) is 14.1. The molecular formula is C21H26Cl2N4OSi. The van der Waals surface area contributed by atoms with E-state index < -0.39 is 8.07 Å². The zero-order valence-electron chi connectivity index (χ0n) is 17.1. The summed E-state index contributed by atoms with van der Waals surface area (Å²) in [5, 5.41) is 5.08. The zero-order valence-corrected chi connectivity index (χ0v) is 19.6. The highest BCUT2D eigenvalue weighted by atomic mass is 35.5. The molecule has 1 aromatic carbocycles. The first-order chi connectivity index (χ1) is 13.8. The van der Waals surface area contributed by atoms with E-state index in [0.717, 1.165) is 54.4 Å². The molecule has 4 rings (SSSR count). The number of hydrogen-bond acceptors (Lipinski definition) is 4. The Labute approximate surface area is 182 Å². The number of rotatable bonds is 6. The third kappa shape index (κ3) is 4.61. The number of nitrogens with zero attached hydrogens (tertiary/aromatic N) is 3. The van der Waals surface area contributed by atoms with Crippen molar-refractivity contribution < 1.29 is 4.74 Å². The second-order valence-electron chi connectivity index (χ2n) is 8.74. The fraction of sp³-hybridized carbons (Fsp3) is 0.429. The largest absolute Gasteiger partial charge is 0.385 e. The summed E-state index contributed by atoms with van der Waals surface area (Å²) in [6.07, 6.45) is 4.10. The van der Waals surface area contributed by atoms with E-state index in [1.54, 1.807) is 0 Å². The minimum atomic E-state index is -1.13. The van der Waals surface area contributed by atoms with E-state index in [-0.39, 0.29) is 5.28 Å². The smallest absolute Gasteiger partial charge is 0.224 e. The third-order valence-electron chi connectivity index (χ3n) is 5.19. The van der Waals surface area contributed by atoms with Crippen LogP contribution in [0.4, 0.5) is 5.69 Å². The molecule has 0 aliphatic carbocycles. The molecule has 1 aliphatic heterocycles. The van der Waals surface area contributed by atoms with Crippen LogP contribution in [0.1, 0.15) is 12.0 Å². The van der Waals surface area contributed by atoms with E-state index in [9.17, 15) is 0 Å².